The van der Waals surface area contributed by atoms with E-state index in [1.807, 2.05) is 0 Å². The minimum Gasteiger partial charge on any atom is -0.493 e. The molecule has 0 atom stereocenters. The second kappa shape index (κ2) is 6.13. The average Bonchev–Trinajstić information content (AvgIpc) is 3.24. The summed E-state index contributed by atoms with van der Waals surface area (Å²) in [5.41, 5.74) is 0.119. The SMILES string of the molecule is CCOC(=O)C(=O)c1cc(Cl)c(OC2CC2)c(OC)c1. The molecule has 0 aliphatic heterocycles. The highest BCUT2D eigenvalue weighted by atomic mass is 35.5. The number of ketones is 1. The lowest BCUT2D eigenvalue weighted by Gasteiger charge is -2.13. The van der Waals surface area contributed by atoms with E-state index >= 15 is 0 Å². The molecule has 1 saturated carbocycles. The summed E-state index contributed by atoms with van der Waals surface area (Å²) in [6.45, 7) is 1.77. The summed E-state index contributed by atoms with van der Waals surface area (Å²) in [5, 5.41) is 0.240. The second-order valence-corrected chi connectivity index (χ2v) is 4.76. The fourth-order valence-electron chi connectivity index (χ4n) is 1.63. The quantitative estimate of drug-likeness (QED) is 0.459. The van der Waals surface area contributed by atoms with Crippen LogP contribution in [0.5, 0.6) is 11.5 Å². The van der Waals surface area contributed by atoms with Gasteiger partial charge in [-0.15, -0.1) is 0 Å². The Labute approximate surface area is 121 Å². The molecule has 2 rings (SSSR count). The Morgan fingerprint density at radius 1 is 1.35 bits per heavy atom. The number of esters is 1. The summed E-state index contributed by atoms with van der Waals surface area (Å²) in [7, 11) is 1.45. The smallest absolute Gasteiger partial charge is 0.379 e. The lowest BCUT2D eigenvalue weighted by molar-refractivity contribution is -0.137. The van der Waals surface area contributed by atoms with Gasteiger partial charge in [0.1, 0.15) is 0 Å². The van der Waals surface area contributed by atoms with Crippen LogP contribution in [0.2, 0.25) is 5.02 Å². The third-order valence-electron chi connectivity index (χ3n) is 2.76. The van der Waals surface area contributed by atoms with Gasteiger partial charge in [-0.2, -0.15) is 0 Å². The van der Waals surface area contributed by atoms with Gasteiger partial charge in [0.25, 0.3) is 5.78 Å². The van der Waals surface area contributed by atoms with E-state index in [0.717, 1.165) is 12.8 Å². The highest BCUT2D eigenvalue weighted by molar-refractivity contribution is 6.41. The van der Waals surface area contributed by atoms with Gasteiger partial charge in [0, 0.05) is 5.56 Å². The van der Waals surface area contributed by atoms with Crippen LogP contribution in [0.25, 0.3) is 0 Å². The molecule has 1 aromatic rings. The third-order valence-corrected chi connectivity index (χ3v) is 3.04. The van der Waals surface area contributed by atoms with Crippen LogP contribution in [-0.4, -0.2) is 31.6 Å². The van der Waals surface area contributed by atoms with Crippen LogP contribution in [0.1, 0.15) is 30.1 Å². The first-order valence-electron chi connectivity index (χ1n) is 6.32. The molecule has 0 amide bonds. The number of ether oxygens (including phenoxy) is 3. The number of hydrogen-bond acceptors (Lipinski definition) is 5. The number of methoxy groups -OCH3 is 1. The minimum absolute atomic E-state index is 0.119. The minimum atomic E-state index is -0.915. The van der Waals surface area contributed by atoms with Crippen LogP contribution in [-0.2, 0) is 9.53 Å². The Balaban J connectivity index is 2.28. The van der Waals surface area contributed by atoms with Crippen LogP contribution in [0.15, 0.2) is 12.1 Å². The fraction of sp³-hybridized carbons (Fsp3) is 0.429. The first-order chi connectivity index (χ1) is 9.56. The lowest BCUT2D eigenvalue weighted by Crippen LogP contribution is -2.17. The number of rotatable bonds is 6. The van der Waals surface area contributed by atoms with Crippen molar-refractivity contribution >= 4 is 23.4 Å². The van der Waals surface area contributed by atoms with E-state index in [-0.39, 0.29) is 23.3 Å². The molecule has 0 N–H and O–H groups in total. The zero-order chi connectivity index (χ0) is 14.7. The second-order valence-electron chi connectivity index (χ2n) is 4.36. The fourth-order valence-corrected chi connectivity index (χ4v) is 1.89. The van der Waals surface area contributed by atoms with E-state index in [1.165, 1.54) is 19.2 Å². The summed E-state index contributed by atoms with van der Waals surface area (Å²) in [6.07, 6.45) is 2.10. The van der Waals surface area contributed by atoms with E-state index in [0.29, 0.717) is 11.5 Å². The summed E-state index contributed by atoms with van der Waals surface area (Å²) in [5.74, 6) is -0.944. The Kier molecular flexibility index (Phi) is 4.49. The molecule has 0 unspecified atom stereocenters. The predicted molar refractivity (Wildman–Crippen MR) is 72.6 cm³/mol. The molecule has 0 heterocycles. The molecular weight excluding hydrogens is 284 g/mol. The maximum Gasteiger partial charge on any atom is 0.379 e. The van der Waals surface area contributed by atoms with Crippen molar-refractivity contribution in [2.24, 2.45) is 0 Å². The van der Waals surface area contributed by atoms with Crippen molar-refractivity contribution < 1.29 is 23.8 Å². The van der Waals surface area contributed by atoms with Crippen molar-refractivity contribution in [1.82, 2.24) is 0 Å². The predicted octanol–water partition coefficient (Wildman–Crippen LogP) is 2.64. The van der Waals surface area contributed by atoms with Gasteiger partial charge in [-0.25, -0.2) is 4.79 Å². The number of Topliss-reactive ketones (excluding diaryl/α,β-unsaturated/α-hetero) is 1. The van der Waals surface area contributed by atoms with Crippen molar-refractivity contribution in [3.05, 3.63) is 22.7 Å². The Bertz CT molecular complexity index is 537. The van der Waals surface area contributed by atoms with Gasteiger partial charge < -0.3 is 14.2 Å². The Morgan fingerprint density at radius 3 is 2.60 bits per heavy atom. The number of hydrogen-bond donors (Lipinski definition) is 0. The van der Waals surface area contributed by atoms with Crippen molar-refractivity contribution in [2.75, 3.05) is 13.7 Å². The summed E-state index contributed by atoms with van der Waals surface area (Å²) >= 11 is 6.10. The number of halogens is 1. The van der Waals surface area contributed by atoms with Crippen LogP contribution < -0.4 is 9.47 Å². The monoisotopic (exact) mass is 298 g/mol. The first-order valence-corrected chi connectivity index (χ1v) is 6.70. The molecule has 108 valence electrons. The van der Waals surface area contributed by atoms with Crippen LogP contribution in [0, 0.1) is 0 Å². The number of benzene rings is 1. The van der Waals surface area contributed by atoms with Crippen molar-refractivity contribution in [3.8, 4) is 11.5 Å². The van der Waals surface area contributed by atoms with E-state index < -0.39 is 11.8 Å². The summed E-state index contributed by atoms with van der Waals surface area (Å²) < 4.78 is 15.5. The maximum atomic E-state index is 11.9. The molecule has 1 aliphatic rings. The molecule has 5 nitrogen and oxygen atoms in total. The average molecular weight is 299 g/mol. The van der Waals surface area contributed by atoms with E-state index in [1.54, 1.807) is 6.92 Å². The van der Waals surface area contributed by atoms with Crippen LogP contribution in [0.3, 0.4) is 0 Å². The third kappa shape index (κ3) is 3.22. The molecule has 1 aromatic carbocycles. The zero-order valence-corrected chi connectivity index (χ0v) is 12.0. The van der Waals surface area contributed by atoms with E-state index in [2.05, 4.69) is 4.74 Å². The highest BCUT2D eigenvalue weighted by Gasteiger charge is 2.28. The maximum absolute atomic E-state index is 11.9. The van der Waals surface area contributed by atoms with Gasteiger partial charge in [-0.05, 0) is 31.9 Å². The van der Waals surface area contributed by atoms with E-state index in [4.69, 9.17) is 21.1 Å². The van der Waals surface area contributed by atoms with Gasteiger partial charge in [-0.1, -0.05) is 11.6 Å². The molecular formula is C14H15ClO5. The number of carbonyl (C=O) groups excluding carboxylic acids is 2. The molecule has 0 aromatic heterocycles. The molecule has 1 fully saturated rings. The molecule has 0 bridgehead atoms. The van der Waals surface area contributed by atoms with Gasteiger partial charge in [0.05, 0.1) is 24.8 Å². The highest BCUT2D eigenvalue weighted by Crippen LogP contribution is 2.40. The van der Waals surface area contributed by atoms with Crippen LogP contribution >= 0.6 is 11.6 Å². The van der Waals surface area contributed by atoms with Crippen molar-refractivity contribution in [2.45, 2.75) is 25.9 Å². The molecule has 20 heavy (non-hydrogen) atoms. The Hall–Kier alpha value is -1.75. The summed E-state index contributed by atoms with van der Waals surface area (Å²) in [6, 6.07) is 2.82. The van der Waals surface area contributed by atoms with Crippen LogP contribution in [0.4, 0.5) is 0 Å². The van der Waals surface area contributed by atoms with Crippen molar-refractivity contribution in [1.29, 1.82) is 0 Å². The molecule has 1 aliphatic carbocycles. The first kappa shape index (κ1) is 14.7. The van der Waals surface area contributed by atoms with Crippen molar-refractivity contribution in [3.63, 3.8) is 0 Å². The zero-order valence-electron chi connectivity index (χ0n) is 11.3. The van der Waals surface area contributed by atoms with Gasteiger partial charge in [0.15, 0.2) is 11.5 Å². The normalized spacial score (nSPS) is 13.8. The van der Waals surface area contributed by atoms with Gasteiger partial charge in [-0.3, -0.25) is 4.79 Å². The molecule has 0 saturated heterocycles. The largest absolute Gasteiger partial charge is 0.493 e. The van der Waals surface area contributed by atoms with Gasteiger partial charge in [0.2, 0.25) is 0 Å². The van der Waals surface area contributed by atoms with Gasteiger partial charge >= 0.3 is 5.97 Å². The molecule has 0 spiro atoms. The lowest BCUT2D eigenvalue weighted by atomic mass is 10.1. The Morgan fingerprint density at radius 2 is 2.05 bits per heavy atom. The molecule has 6 heteroatoms. The number of carbonyl (C=O) groups is 2. The standard InChI is InChI=1S/C14H15ClO5/c1-3-19-14(17)12(16)8-6-10(15)13(11(7-8)18-2)20-9-4-5-9/h6-7,9H,3-5H2,1-2H3. The van der Waals surface area contributed by atoms with E-state index in [9.17, 15) is 9.59 Å². The topological polar surface area (TPSA) is 61.8 Å². The summed E-state index contributed by atoms with van der Waals surface area (Å²) in [4.78, 5) is 23.3. The molecule has 0 radical (unpaired) electrons.